The quantitative estimate of drug-likeness (QED) is 0.182. The van der Waals surface area contributed by atoms with Gasteiger partial charge in [0.15, 0.2) is 5.96 Å². The lowest BCUT2D eigenvalue weighted by molar-refractivity contribution is -0.384. The Bertz CT molecular complexity index is 903. The van der Waals surface area contributed by atoms with E-state index in [1.54, 1.807) is 6.07 Å². The normalized spacial score (nSPS) is 15.6. The van der Waals surface area contributed by atoms with Gasteiger partial charge in [-0.15, -0.1) is 24.0 Å². The molecule has 154 valence electrons. The van der Waals surface area contributed by atoms with Gasteiger partial charge in [-0.3, -0.25) is 14.9 Å². The van der Waals surface area contributed by atoms with Crippen molar-refractivity contribution < 1.29 is 9.72 Å². The number of hydrogen-bond acceptors (Lipinski definition) is 4. The summed E-state index contributed by atoms with van der Waals surface area (Å²) >= 11 is 0. The number of rotatable bonds is 6. The zero-order valence-corrected chi connectivity index (χ0v) is 18.4. The number of non-ortho nitro benzene ring substituents is 1. The number of nitro benzene ring substituents is 1. The molecule has 1 amide bonds. The molecule has 1 heterocycles. The molecule has 1 aliphatic heterocycles. The second-order valence-electron chi connectivity index (χ2n) is 6.54. The Hall–Kier alpha value is -2.69. The molecule has 0 aromatic heterocycles. The van der Waals surface area contributed by atoms with Gasteiger partial charge in [0.05, 0.1) is 11.5 Å². The Labute approximate surface area is 186 Å². The van der Waals surface area contributed by atoms with Gasteiger partial charge in [-0.25, -0.2) is 4.99 Å². The molecule has 8 nitrogen and oxygen atoms in total. The summed E-state index contributed by atoms with van der Waals surface area (Å²) in [5.41, 5.74) is 2.76. The summed E-state index contributed by atoms with van der Waals surface area (Å²) in [6.07, 6.45) is 0.411. The number of nitrogens with one attached hydrogen (secondary N) is 3. The molecule has 1 aliphatic rings. The first-order valence-corrected chi connectivity index (χ1v) is 9.21. The Kier molecular flexibility index (Phi) is 8.37. The average molecular weight is 509 g/mol. The van der Waals surface area contributed by atoms with Crippen LogP contribution in [0.5, 0.6) is 0 Å². The standard InChI is InChI=1S/C20H23N5O3.HI/c1-2-21-20(22-12-14-6-5-7-16(10-14)25(27)28)23-13-15-11-19(26)24-18-9-4-3-8-17(15)18;/h3-10,15H,2,11-13H2,1H3,(H,24,26)(H2,21,22,23);1H. The molecule has 0 radical (unpaired) electrons. The minimum Gasteiger partial charge on any atom is -0.357 e. The maximum atomic E-state index is 12.0. The van der Waals surface area contributed by atoms with E-state index in [0.717, 1.165) is 16.8 Å². The van der Waals surface area contributed by atoms with E-state index >= 15 is 0 Å². The number of para-hydroxylation sites is 1. The average Bonchev–Trinajstić information content (AvgIpc) is 2.70. The predicted octanol–water partition coefficient (Wildman–Crippen LogP) is 3.39. The highest BCUT2D eigenvalue weighted by Crippen LogP contribution is 2.31. The number of halogens is 1. The summed E-state index contributed by atoms with van der Waals surface area (Å²) in [4.78, 5) is 27.0. The van der Waals surface area contributed by atoms with Crippen LogP contribution in [0.2, 0.25) is 0 Å². The predicted molar refractivity (Wildman–Crippen MR) is 124 cm³/mol. The Morgan fingerprint density at radius 2 is 2.03 bits per heavy atom. The molecular formula is C20H24IN5O3. The van der Waals surface area contributed by atoms with Crippen LogP contribution in [0, 0.1) is 10.1 Å². The maximum Gasteiger partial charge on any atom is 0.269 e. The minimum absolute atomic E-state index is 0. The number of nitro groups is 1. The van der Waals surface area contributed by atoms with Crippen molar-refractivity contribution in [2.24, 2.45) is 4.99 Å². The number of carbonyl (C=O) groups is 1. The Balaban J connectivity index is 0.00000300. The Morgan fingerprint density at radius 1 is 1.24 bits per heavy atom. The highest BCUT2D eigenvalue weighted by Gasteiger charge is 2.24. The van der Waals surface area contributed by atoms with Crippen LogP contribution in [0.15, 0.2) is 53.5 Å². The molecule has 1 atom stereocenters. The van der Waals surface area contributed by atoms with E-state index in [2.05, 4.69) is 20.9 Å². The fourth-order valence-corrected chi connectivity index (χ4v) is 3.18. The molecule has 0 saturated carbocycles. The second kappa shape index (κ2) is 10.7. The monoisotopic (exact) mass is 509 g/mol. The molecular weight excluding hydrogens is 485 g/mol. The number of nitrogens with zero attached hydrogens (tertiary/aromatic N) is 2. The van der Waals surface area contributed by atoms with Gasteiger partial charge in [0, 0.05) is 43.2 Å². The Morgan fingerprint density at radius 3 is 2.79 bits per heavy atom. The summed E-state index contributed by atoms with van der Waals surface area (Å²) in [6.45, 7) is 3.53. The van der Waals surface area contributed by atoms with Crippen molar-refractivity contribution in [2.45, 2.75) is 25.8 Å². The van der Waals surface area contributed by atoms with Crippen LogP contribution >= 0.6 is 24.0 Å². The number of amides is 1. The van der Waals surface area contributed by atoms with Gasteiger partial charge in [-0.1, -0.05) is 30.3 Å². The van der Waals surface area contributed by atoms with Gasteiger partial charge >= 0.3 is 0 Å². The summed E-state index contributed by atoms with van der Waals surface area (Å²) in [5.74, 6) is 0.660. The van der Waals surface area contributed by atoms with Crippen molar-refractivity contribution in [3.8, 4) is 0 Å². The van der Waals surface area contributed by atoms with E-state index < -0.39 is 4.92 Å². The van der Waals surface area contributed by atoms with Crippen LogP contribution in [0.1, 0.15) is 30.4 Å². The molecule has 1 unspecified atom stereocenters. The van der Waals surface area contributed by atoms with Crippen LogP contribution < -0.4 is 16.0 Å². The fourth-order valence-electron chi connectivity index (χ4n) is 3.18. The molecule has 9 heteroatoms. The van der Waals surface area contributed by atoms with E-state index in [4.69, 9.17) is 0 Å². The zero-order valence-electron chi connectivity index (χ0n) is 16.1. The van der Waals surface area contributed by atoms with E-state index in [1.165, 1.54) is 12.1 Å². The van der Waals surface area contributed by atoms with Gasteiger partial charge in [0.2, 0.25) is 5.91 Å². The number of fused-ring (bicyclic) bond motifs is 1. The maximum absolute atomic E-state index is 12.0. The third-order valence-corrected chi connectivity index (χ3v) is 4.51. The lowest BCUT2D eigenvalue weighted by Gasteiger charge is -2.26. The molecule has 0 saturated heterocycles. The van der Waals surface area contributed by atoms with Crippen LogP contribution in [0.4, 0.5) is 11.4 Å². The first-order valence-electron chi connectivity index (χ1n) is 9.21. The van der Waals surface area contributed by atoms with Crippen LogP contribution in [0.25, 0.3) is 0 Å². The van der Waals surface area contributed by atoms with Crippen molar-refractivity contribution in [1.82, 2.24) is 10.6 Å². The van der Waals surface area contributed by atoms with E-state index in [9.17, 15) is 14.9 Å². The molecule has 0 bridgehead atoms. The van der Waals surface area contributed by atoms with Gasteiger partial charge < -0.3 is 16.0 Å². The second-order valence-corrected chi connectivity index (χ2v) is 6.54. The number of anilines is 1. The van der Waals surface area contributed by atoms with Crippen molar-refractivity contribution in [2.75, 3.05) is 18.4 Å². The number of hydrogen-bond donors (Lipinski definition) is 3. The molecule has 0 fully saturated rings. The van der Waals surface area contributed by atoms with Crippen LogP contribution in [0.3, 0.4) is 0 Å². The van der Waals surface area contributed by atoms with Crippen LogP contribution in [-0.2, 0) is 11.3 Å². The van der Waals surface area contributed by atoms with Crippen molar-refractivity contribution in [3.63, 3.8) is 0 Å². The van der Waals surface area contributed by atoms with Gasteiger partial charge in [0.1, 0.15) is 0 Å². The molecule has 3 rings (SSSR count). The SMILES string of the molecule is CCNC(=NCc1cccc([N+](=O)[O-])c1)NCC1CC(=O)Nc2ccccc21.I. The lowest BCUT2D eigenvalue weighted by atomic mass is 9.90. The highest BCUT2D eigenvalue weighted by atomic mass is 127. The molecule has 0 aliphatic carbocycles. The third-order valence-electron chi connectivity index (χ3n) is 4.51. The molecule has 3 N–H and O–H groups in total. The summed E-state index contributed by atoms with van der Waals surface area (Å²) < 4.78 is 0. The van der Waals surface area contributed by atoms with Crippen molar-refractivity contribution in [3.05, 3.63) is 69.8 Å². The molecule has 0 spiro atoms. The number of aliphatic imine (C=N–C) groups is 1. The molecule has 2 aromatic carbocycles. The molecule has 2 aromatic rings. The lowest BCUT2D eigenvalue weighted by Crippen LogP contribution is -2.40. The summed E-state index contributed by atoms with van der Waals surface area (Å²) in [6, 6.07) is 14.2. The summed E-state index contributed by atoms with van der Waals surface area (Å²) in [7, 11) is 0. The molecule has 29 heavy (non-hydrogen) atoms. The largest absolute Gasteiger partial charge is 0.357 e. The van der Waals surface area contributed by atoms with Crippen molar-refractivity contribution in [1.29, 1.82) is 0 Å². The smallest absolute Gasteiger partial charge is 0.269 e. The third kappa shape index (κ3) is 6.14. The highest BCUT2D eigenvalue weighted by molar-refractivity contribution is 14.0. The van der Waals surface area contributed by atoms with E-state index in [0.29, 0.717) is 32.0 Å². The first-order chi connectivity index (χ1) is 13.6. The van der Waals surface area contributed by atoms with Gasteiger partial charge in [0.25, 0.3) is 5.69 Å². The van der Waals surface area contributed by atoms with Gasteiger partial charge in [-0.2, -0.15) is 0 Å². The summed E-state index contributed by atoms with van der Waals surface area (Å²) in [5, 5.41) is 20.3. The van der Waals surface area contributed by atoms with Crippen molar-refractivity contribution >= 4 is 47.2 Å². The first kappa shape index (κ1) is 22.6. The van der Waals surface area contributed by atoms with E-state index in [-0.39, 0.29) is 41.5 Å². The number of guanidine groups is 1. The topological polar surface area (TPSA) is 109 Å². The zero-order chi connectivity index (χ0) is 19.9. The number of carbonyl (C=O) groups excluding carboxylic acids is 1. The van der Waals surface area contributed by atoms with Gasteiger partial charge in [-0.05, 0) is 24.1 Å². The van der Waals surface area contributed by atoms with Crippen LogP contribution in [-0.4, -0.2) is 29.9 Å². The fraction of sp³-hybridized carbons (Fsp3) is 0.300. The minimum atomic E-state index is -0.414. The number of benzene rings is 2. The van der Waals surface area contributed by atoms with E-state index in [1.807, 2.05) is 37.3 Å².